The number of carbonyl (C=O) groups excluding carboxylic acids is 1. The first-order chi connectivity index (χ1) is 11.5. The van der Waals surface area contributed by atoms with Crippen LogP contribution in [0.2, 0.25) is 4.34 Å². The standard InChI is InChI=1S/C15H17ClN2O4S2/c16-13-5-6-14(23-13)24(20,21)18-7-1-3-11(10-18)15(19)17-9-12-4-2-8-22-12/h2,4-6,8,11H,1,3,7,9-10H2,(H,17,19). The predicted molar refractivity (Wildman–Crippen MR) is 91.4 cm³/mol. The number of amides is 1. The Morgan fingerprint density at radius 1 is 1.42 bits per heavy atom. The van der Waals surface area contributed by atoms with Gasteiger partial charge < -0.3 is 9.73 Å². The Morgan fingerprint density at radius 2 is 2.25 bits per heavy atom. The van der Waals surface area contributed by atoms with Gasteiger partial charge in [0.2, 0.25) is 5.91 Å². The fraction of sp³-hybridized carbons (Fsp3) is 0.400. The number of piperidine rings is 1. The molecule has 2 aromatic heterocycles. The molecule has 1 fully saturated rings. The maximum absolute atomic E-state index is 12.6. The van der Waals surface area contributed by atoms with E-state index in [4.69, 9.17) is 16.0 Å². The van der Waals surface area contributed by atoms with Crippen LogP contribution >= 0.6 is 22.9 Å². The summed E-state index contributed by atoms with van der Waals surface area (Å²) in [6.45, 7) is 0.900. The molecule has 1 aliphatic rings. The molecule has 0 bridgehead atoms. The second-order valence-corrected chi connectivity index (χ2v) is 9.44. The summed E-state index contributed by atoms with van der Waals surface area (Å²) in [5.41, 5.74) is 0. The van der Waals surface area contributed by atoms with Gasteiger partial charge in [-0.15, -0.1) is 11.3 Å². The fourth-order valence-corrected chi connectivity index (χ4v) is 5.83. The summed E-state index contributed by atoms with van der Waals surface area (Å²) in [6, 6.07) is 6.60. The molecule has 0 aliphatic carbocycles. The number of furan rings is 1. The third-order valence-electron chi connectivity index (χ3n) is 3.91. The monoisotopic (exact) mass is 388 g/mol. The molecule has 0 saturated carbocycles. The summed E-state index contributed by atoms with van der Waals surface area (Å²) in [7, 11) is -3.60. The van der Waals surface area contributed by atoms with E-state index in [1.807, 2.05) is 0 Å². The maximum Gasteiger partial charge on any atom is 0.252 e. The zero-order valence-corrected chi connectivity index (χ0v) is 15.2. The maximum atomic E-state index is 12.6. The van der Waals surface area contributed by atoms with Gasteiger partial charge in [0.1, 0.15) is 9.97 Å². The smallest absolute Gasteiger partial charge is 0.252 e. The van der Waals surface area contributed by atoms with Crippen LogP contribution in [0.1, 0.15) is 18.6 Å². The molecule has 9 heteroatoms. The number of thiophene rings is 1. The van der Waals surface area contributed by atoms with Crippen molar-refractivity contribution in [2.24, 2.45) is 5.92 Å². The molecular weight excluding hydrogens is 372 g/mol. The van der Waals surface area contributed by atoms with Crippen LogP contribution in [0.3, 0.4) is 0 Å². The van der Waals surface area contributed by atoms with E-state index in [9.17, 15) is 13.2 Å². The third kappa shape index (κ3) is 3.83. The molecule has 1 amide bonds. The van der Waals surface area contributed by atoms with Crippen molar-refractivity contribution in [1.82, 2.24) is 9.62 Å². The fourth-order valence-electron chi connectivity index (χ4n) is 2.67. The third-order valence-corrected chi connectivity index (χ3v) is 7.48. The van der Waals surface area contributed by atoms with Crippen LogP contribution in [0.25, 0.3) is 0 Å². The van der Waals surface area contributed by atoms with Gasteiger partial charge in [-0.3, -0.25) is 4.79 Å². The van der Waals surface area contributed by atoms with Crippen LogP contribution in [0.5, 0.6) is 0 Å². The SMILES string of the molecule is O=C(NCc1ccco1)C1CCCN(S(=O)(=O)c2ccc(Cl)s2)C1. The van der Waals surface area contributed by atoms with Gasteiger partial charge in [0.05, 0.1) is 23.1 Å². The molecular formula is C15H17ClN2O4S2. The average Bonchev–Trinajstić information content (AvgIpc) is 3.24. The normalized spacial score (nSPS) is 19.3. The second kappa shape index (κ2) is 7.26. The summed E-state index contributed by atoms with van der Waals surface area (Å²) >= 11 is 6.87. The zero-order chi connectivity index (χ0) is 17.2. The lowest BCUT2D eigenvalue weighted by Gasteiger charge is -2.30. The van der Waals surface area contributed by atoms with Crippen molar-refractivity contribution in [2.75, 3.05) is 13.1 Å². The average molecular weight is 389 g/mol. The van der Waals surface area contributed by atoms with Crippen LogP contribution in [-0.4, -0.2) is 31.7 Å². The highest BCUT2D eigenvalue weighted by Crippen LogP contribution is 2.30. The van der Waals surface area contributed by atoms with Crippen LogP contribution in [0, 0.1) is 5.92 Å². The topological polar surface area (TPSA) is 79.6 Å². The minimum Gasteiger partial charge on any atom is -0.467 e. The number of rotatable bonds is 5. The summed E-state index contributed by atoms with van der Waals surface area (Å²) in [5.74, 6) is 0.145. The van der Waals surface area contributed by atoms with Gasteiger partial charge in [-0.25, -0.2) is 8.42 Å². The Bertz CT molecular complexity index is 801. The first-order valence-electron chi connectivity index (χ1n) is 7.52. The predicted octanol–water partition coefficient (Wildman–Crippen LogP) is 2.71. The van der Waals surface area contributed by atoms with Crippen molar-refractivity contribution in [3.8, 4) is 0 Å². The number of hydrogen-bond acceptors (Lipinski definition) is 5. The first kappa shape index (κ1) is 17.5. The lowest BCUT2D eigenvalue weighted by atomic mass is 9.99. The van der Waals surface area contributed by atoms with Crippen molar-refractivity contribution in [3.05, 3.63) is 40.6 Å². The number of carbonyl (C=O) groups is 1. The van der Waals surface area contributed by atoms with Crippen LogP contribution in [0.4, 0.5) is 0 Å². The first-order valence-corrected chi connectivity index (χ1v) is 10.2. The van der Waals surface area contributed by atoms with E-state index in [-0.39, 0.29) is 22.6 Å². The summed E-state index contributed by atoms with van der Waals surface area (Å²) in [6.07, 6.45) is 2.86. The van der Waals surface area contributed by atoms with Gasteiger partial charge >= 0.3 is 0 Å². The summed E-state index contributed by atoms with van der Waals surface area (Å²) in [4.78, 5) is 12.3. The van der Waals surface area contributed by atoms with Crippen LogP contribution in [-0.2, 0) is 21.4 Å². The van der Waals surface area contributed by atoms with Gasteiger partial charge in [-0.1, -0.05) is 11.6 Å². The summed E-state index contributed by atoms with van der Waals surface area (Å²) in [5, 5.41) is 2.80. The molecule has 1 saturated heterocycles. The number of hydrogen-bond donors (Lipinski definition) is 1. The Morgan fingerprint density at radius 3 is 2.92 bits per heavy atom. The van der Waals surface area contributed by atoms with Gasteiger partial charge in [0.25, 0.3) is 10.0 Å². The molecule has 0 spiro atoms. The van der Waals surface area contributed by atoms with Gasteiger partial charge in [0, 0.05) is 13.1 Å². The van der Waals surface area contributed by atoms with Crippen LogP contribution in [0.15, 0.2) is 39.2 Å². The number of nitrogens with one attached hydrogen (secondary N) is 1. The lowest BCUT2D eigenvalue weighted by Crippen LogP contribution is -2.45. The van der Waals surface area contributed by atoms with E-state index in [0.29, 0.717) is 36.0 Å². The van der Waals surface area contributed by atoms with Crippen molar-refractivity contribution >= 4 is 38.9 Å². The van der Waals surface area contributed by atoms with E-state index in [0.717, 1.165) is 11.3 Å². The molecule has 0 radical (unpaired) electrons. The van der Waals surface area contributed by atoms with E-state index in [2.05, 4.69) is 5.32 Å². The number of sulfonamides is 1. The molecule has 3 rings (SSSR count). The number of nitrogens with zero attached hydrogens (tertiary/aromatic N) is 1. The van der Waals surface area contributed by atoms with Gasteiger partial charge in [0.15, 0.2) is 0 Å². The molecule has 130 valence electrons. The molecule has 1 N–H and O–H groups in total. The molecule has 2 aromatic rings. The van der Waals surface area contributed by atoms with Crippen molar-refractivity contribution < 1.29 is 17.6 Å². The molecule has 24 heavy (non-hydrogen) atoms. The van der Waals surface area contributed by atoms with Crippen molar-refractivity contribution in [3.63, 3.8) is 0 Å². The molecule has 1 aliphatic heterocycles. The largest absolute Gasteiger partial charge is 0.467 e. The minimum atomic E-state index is -3.60. The highest BCUT2D eigenvalue weighted by molar-refractivity contribution is 7.91. The molecule has 6 nitrogen and oxygen atoms in total. The quantitative estimate of drug-likeness (QED) is 0.854. The Balaban J connectivity index is 1.64. The second-order valence-electron chi connectivity index (χ2n) is 5.56. The highest BCUT2D eigenvalue weighted by atomic mass is 35.5. The minimum absolute atomic E-state index is 0.157. The molecule has 0 aromatic carbocycles. The molecule has 3 heterocycles. The lowest BCUT2D eigenvalue weighted by molar-refractivity contribution is -0.126. The van der Waals surface area contributed by atoms with E-state index in [1.54, 1.807) is 24.5 Å². The molecule has 1 unspecified atom stereocenters. The Kier molecular flexibility index (Phi) is 5.29. The van der Waals surface area contributed by atoms with Crippen molar-refractivity contribution in [2.45, 2.75) is 23.6 Å². The van der Waals surface area contributed by atoms with Crippen LogP contribution < -0.4 is 5.32 Å². The van der Waals surface area contributed by atoms with Crippen molar-refractivity contribution in [1.29, 1.82) is 0 Å². The van der Waals surface area contributed by atoms with E-state index < -0.39 is 10.0 Å². The molecule has 1 atom stereocenters. The highest BCUT2D eigenvalue weighted by Gasteiger charge is 2.34. The zero-order valence-electron chi connectivity index (χ0n) is 12.8. The van der Waals surface area contributed by atoms with E-state index >= 15 is 0 Å². The number of halogens is 1. The van der Waals surface area contributed by atoms with Gasteiger partial charge in [-0.05, 0) is 37.1 Å². The summed E-state index contributed by atoms with van der Waals surface area (Å²) < 4.78 is 32.5. The van der Waals surface area contributed by atoms with Gasteiger partial charge in [-0.2, -0.15) is 4.31 Å². The van der Waals surface area contributed by atoms with E-state index in [1.165, 1.54) is 10.4 Å². The Labute approximate surface area is 149 Å². The Hall–Kier alpha value is -1.35.